The molecule has 4 fully saturated rings. The SMILES string of the molecule is C#Cc1c(F)ccc2cc(O)cc(-c3ncc4c(N5CCCC[C@H]6[C@H](F)[C@H]65)nc(O)nc4c3F)c12.F[C@@H]1C[C-]2CCCN2C1.[U]. The van der Waals surface area contributed by atoms with E-state index in [1.807, 2.05) is 0 Å². The van der Waals surface area contributed by atoms with E-state index in [1.165, 1.54) is 42.9 Å². The van der Waals surface area contributed by atoms with Gasteiger partial charge < -0.3 is 20.0 Å². The summed E-state index contributed by atoms with van der Waals surface area (Å²) in [6.07, 6.45) is 10.9. The first-order valence-electron chi connectivity index (χ1n) is 14.9. The third kappa shape index (κ3) is 5.73. The fourth-order valence-corrected chi connectivity index (χ4v) is 7.10. The van der Waals surface area contributed by atoms with E-state index >= 15 is 4.39 Å². The van der Waals surface area contributed by atoms with E-state index in [9.17, 15) is 23.4 Å². The van der Waals surface area contributed by atoms with Gasteiger partial charge in [0.1, 0.15) is 34.8 Å². The van der Waals surface area contributed by atoms with E-state index in [1.54, 1.807) is 4.90 Å². The molecule has 3 aliphatic heterocycles. The van der Waals surface area contributed by atoms with E-state index in [4.69, 9.17) is 6.42 Å². The average molecular weight is 843 g/mol. The summed E-state index contributed by atoms with van der Waals surface area (Å²) in [7, 11) is 0. The zero-order valence-corrected chi connectivity index (χ0v) is 28.4. The number of phenolic OH excluding ortho intramolecular Hbond substituents is 1. The smallest absolute Gasteiger partial charge is 0.316 e. The minimum Gasteiger partial charge on any atom is -0.508 e. The number of phenols is 1. The van der Waals surface area contributed by atoms with Gasteiger partial charge in [0.05, 0.1) is 23.2 Å². The van der Waals surface area contributed by atoms with Gasteiger partial charge in [-0.1, -0.05) is 24.8 Å². The Balaban J connectivity index is 0.000000306. The fourth-order valence-electron chi connectivity index (χ4n) is 7.10. The Kier molecular flexibility index (Phi) is 8.91. The number of rotatable bonds is 2. The van der Waals surface area contributed by atoms with Crippen molar-refractivity contribution in [2.24, 2.45) is 5.92 Å². The number of aromatic nitrogens is 3. The molecule has 5 heterocycles. The average Bonchev–Trinajstić information content (AvgIpc) is 3.30. The van der Waals surface area contributed by atoms with E-state index < -0.39 is 30.0 Å². The van der Waals surface area contributed by atoms with Crippen LogP contribution in [0, 0.1) is 67.1 Å². The van der Waals surface area contributed by atoms with Crippen molar-refractivity contribution >= 4 is 27.5 Å². The molecule has 4 aliphatic rings. The summed E-state index contributed by atoms with van der Waals surface area (Å²) in [5.74, 6) is 0.638. The van der Waals surface area contributed by atoms with Crippen LogP contribution in [0.15, 0.2) is 30.5 Å². The number of aromatic hydroxyl groups is 2. The van der Waals surface area contributed by atoms with Crippen molar-refractivity contribution in [2.45, 2.75) is 56.9 Å². The summed E-state index contributed by atoms with van der Waals surface area (Å²) in [5.41, 5.74) is -0.465. The van der Waals surface area contributed by atoms with Crippen LogP contribution in [0.1, 0.15) is 44.1 Å². The standard InChI is InChI=1S/C26H19F3N4O2.C7H11FN.U/c1-2-14-18(27)7-6-12-9-13(34)10-16(19(12)14)22-21(29)23-17(11-30-22)25(32-26(35)31-23)33-8-4-3-5-15-20(28)24(15)33;8-6-4-7-2-1-3-9(7)5-6;/h1,6-7,9-11,15,20,24,34H,3-5,8H2,(H,31,32,35);6H,1-5H2;/q;-1;/t15-,20-,24-;6-;/m01./s1. The van der Waals surface area contributed by atoms with Crippen LogP contribution in [0.5, 0.6) is 11.8 Å². The van der Waals surface area contributed by atoms with Crippen molar-refractivity contribution in [3.8, 4) is 35.4 Å². The number of hydrogen-bond acceptors (Lipinski definition) is 7. The number of nitrogens with zero attached hydrogens (tertiary/aromatic N) is 5. The van der Waals surface area contributed by atoms with Crippen LogP contribution < -0.4 is 4.90 Å². The quantitative estimate of drug-likeness (QED) is 0.141. The molecular formula is C33H30F4N5O2U-. The molecule has 7 nitrogen and oxygen atoms in total. The molecular weight excluding hydrogens is 812 g/mol. The molecule has 0 radical (unpaired) electrons. The van der Waals surface area contributed by atoms with Gasteiger partial charge >= 0.3 is 6.01 Å². The molecule has 3 saturated heterocycles. The molecule has 2 aromatic heterocycles. The van der Waals surface area contributed by atoms with Gasteiger partial charge in [0, 0.05) is 60.7 Å². The molecule has 2 N–H and O–H groups in total. The Labute approximate surface area is 281 Å². The molecule has 12 heteroatoms. The van der Waals surface area contributed by atoms with Gasteiger partial charge in [-0.25, -0.2) is 23.6 Å². The predicted molar refractivity (Wildman–Crippen MR) is 158 cm³/mol. The van der Waals surface area contributed by atoms with Crippen LogP contribution in [0.3, 0.4) is 0 Å². The van der Waals surface area contributed by atoms with Gasteiger partial charge in [-0.3, -0.25) is 4.98 Å². The van der Waals surface area contributed by atoms with Gasteiger partial charge in [-0.2, -0.15) is 16.4 Å². The molecule has 4 atom stereocenters. The van der Waals surface area contributed by atoms with Crippen LogP contribution in [-0.2, 0) is 0 Å². The minimum atomic E-state index is -1.00. The monoisotopic (exact) mass is 842 g/mol. The Morgan fingerprint density at radius 3 is 2.64 bits per heavy atom. The summed E-state index contributed by atoms with van der Waals surface area (Å²) in [5, 5.41) is 21.3. The van der Waals surface area contributed by atoms with Gasteiger partial charge in [0.15, 0.2) is 5.82 Å². The fraction of sp³-hybridized carbons (Fsp3) is 0.394. The van der Waals surface area contributed by atoms with Crippen molar-refractivity contribution in [3.05, 3.63) is 53.7 Å². The minimum absolute atomic E-state index is 0. The largest absolute Gasteiger partial charge is 0.508 e. The maximum Gasteiger partial charge on any atom is 0.316 e. The molecule has 1 aliphatic carbocycles. The Hall–Kier alpha value is -3.12. The van der Waals surface area contributed by atoms with Crippen LogP contribution >= 0.6 is 0 Å². The molecule has 232 valence electrons. The third-order valence-electron chi connectivity index (χ3n) is 9.17. The zero-order valence-electron chi connectivity index (χ0n) is 24.3. The number of fused-ring (bicyclic) bond motifs is 4. The van der Waals surface area contributed by atoms with Gasteiger partial charge in [-0.05, 0) is 49.5 Å². The molecule has 0 unspecified atom stereocenters. The first-order valence-corrected chi connectivity index (χ1v) is 14.9. The van der Waals surface area contributed by atoms with Gasteiger partial charge in [0.2, 0.25) is 0 Å². The Morgan fingerprint density at radius 1 is 1.04 bits per heavy atom. The van der Waals surface area contributed by atoms with Crippen molar-refractivity contribution in [2.75, 3.05) is 24.5 Å². The normalized spacial score (nSPS) is 24.3. The second-order valence-electron chi connectivity index (χ2n) is 11.9. The molecule has 1 saturated carbocycles. The first kappa shape index (κ1) is 31.8. The van der Waals surface area contributed by atoms with Crippen LogP contribution in [0.2, 0.25) is 0 Å². The number of halogens is 4. The third-order valence-corrected chi connectivity index (χ3v) is 9.17. The molecule has 0 bridgehead atoms. The number of terminal acetylenes is 1. The van der Waals surface area contributed by atoms with E-state index in [2.05, 4.69) is 25.8 Å². The van der Waals surface area contributed by atoms with Crippen molar-refractivity contribution in [1.29, 1.82) is 0 Å². The van der Waals surface area contributed by atoms with E-state index in [-0.39, 0.29) is 87.8 Å². The molecule has 0 spiro atoms. The maximum atomic E-state index is 16.0. The number of alkyl halides is 2. The Morgan fingerprint density at radius 2 is 1.87 bits per heavy atom. The molecule has 2 aromatic carbocycles. The van der Waals surface area contributed by atoms with Crippen molar-refractivity contribution < 1.29 is 58.9 Å². The molecule has 4 aromatic rings. The number of hydrogen-bond donors (Lipinski definition) is 2. The van der Waals surface area contributed by atoms with E-state index in [0.29, 0.717) is 18.5 Å². The number of anilines is 1. The molecule has 8 rings (SSSR count). The maximum absolute atomic E-state index is 16.0. The summed E-state index contributed by atoms with van der Waals surface area (Å²) < 4.78 is 57.5. The number of pyridine rings is 1. The summed E-state index contributed by atoms with van der Waals surface area (Å²) in [6, 6.07) is 5.57. The summed E-state index contributed by atoms with van der Waals surface area (Å²) in [4.78, 5) is 16.2. The van der Waals surface area contributed by atoms with Crippen LogP contribution in [-0.4, -0.2) is 68.1 Å². The topological polar surface area (TPSA) is 85.6 Å². The van der Waals surface area contributed by atoms with Crippen LogP contribution in [0.25, 0.3) is 32.9 Å². The zero-order chi connectivity index (χ0) is 30.7. The summed E-state index contributed by atoms with van der Waals surface area (Å²) in [6.45, 7) is 2.30. The second-order valence-corrected chi connectivity index (χ2v) is 11.9. The van der Waals surface area contributed by atoms with Gasteiger partial charge in [0.25, 0.3) is 0 Å². The predicted octanol–water partition coefficient (Wildman–Crippen LogP) is 6.20. The number of benzene rings is 2. The van der Waals surface area contributed by atoms with Crippen LogP contribution in [0.4, 0.5) is 23.4 Å². The van der Waals surface area contributed by atoms with E-state index in [0.717, 1.165) is 38.6 Å². The van der Waals surface area contributed by atoms with Crippen molar-refractivity contribution in [3.63, 3.8) is 0 Å². The Bertz CT molecular complexity index is 1810. The van der Waals surface area contributed by atoms with Crippen molar-refractivity contribution in [1.82, 2.24) is 19.9 Å². The molecule has 0 amide bonds. The van der Waals surface area contributed by atoms with Gasteiger partial charge in [-0.15, -0.1) is 12.8 Å². The molecule has 45 heavy (non-hydrogen) atoms. The second kappa shape index (κ2) is 12.6. The summed E-state index contributed by atoms with van der Waals surface area (Å²) >= 11 is 0. The first-order chi connectivity index (χ1) is 21.2.